The topological polar surface area (TPSA) is 97.1 Å². The van der Waals surface area contributed by atoms with Gasteiger partial charge in [0.25, 0.3) is 0 Å². The fourth-order valence-electron chi connectivity index (χ4n) is 5.27. The van der Waals surface area contributed by atoms with Crippen LogP contribution in [0.15, 0.2) is 30.5 Å². The summed E-state index contributed by atoms with van der Waals surface area (Å²) in [6.07, 6.45) is 1.54. The highest BCUT2D eigenvalue weighted by Gasteiger charge is 2.46. The van der Waals surface area contributed by atoms with E-state index in [1.807, 2.05) is 17.2 Å². The smallest absolute Gasteiger partial charge is 0.482 e. The van der Waals surface area contributed by atoms with Crippen LogP contribution in [-0.2, 0) is 26.5 Å². The quantitative estimate of drug-likeness (QED) is 0.601. The number of para-hydroxylation sites is 1. The third kappa shape index (κ3) is 6.12. The van der Waals surface area contributed by atoms with Crippen molar-refractivity contribution in [3.05, 3.63) is 36.0 Å². The van der Waals surface area contributed by atoms with Crippen molar-refractivity contribution in [2.45, 2.75) is 50.4 Å². The highest BCUT2D eigenvalue weighted by atomic mass is 19.4. The molecule has 0 bridgehead atoms. The first-order valence-corrected chi connectivity index (χ1v) is 12.8. The summed E-state index contributed by atoms with van der Waals surface area (Å²) >= 11 is 0. The number of benzene rings is 1. The molecule has 1 aromatic heterocycles. The number of carboxylic acids is 1. The number of hydrogen-bond donors (Lipinski definition) is 1. The zero-order valence-corrected chi connectivity index (χ0v) is 21.4. The molecule has 3 aliphatic rings. The Hall–Kier alpha value is -3.12. The third-order valence-electron chi connectivity index (χ3n) is 7.29. The molecule has 38 heavy (non-hydrogen) atoms. The maximum atomic E-state index is 12.5. The largest absolute Gasteiger partial charge is 0.490 e. The number of fused-ring (bicyclic) bond motifs is 4. The fourth-order valence-corrected chi connectivity index (χ4v) is 5.27. The molecule has 1 spiro atoms. The highest BCUT2D eigenvalue weighted by molar-refractivity contribution is 5.77. The summed E-state index contributed by atoms with van der Waals surface area (Å²) in [5.41, 5.74) is 3.09. The number of rotatable bonds is 6. The van der Waals surface area contributed by atoms with Crippen LogP contribution in [0.5, 0.6) is 5.75 Å². The second-order valence-corrected chi connectivity index (χ2v) is 9.70. The second kappa shape index (κ2) is 11.7. The molecule has 0 unspecified atom stereocenters. The van der Waals surface area contributed by atoms with Crippen LogP contribution in [0.25, 0.3) is 11.3 Å². The van der Waals surface area contributed by atoms with Crippen LogP contribution in [0.2, 0.25) is 0 Å². The van der Waals surface area contributed by atoms with Crippen LogP contribution in [0.3, 0.4) is 0 Å². The number of ether oxygens (including phenoxy) is 2. The van der Waals surface area contributed by atoms with E-state index in [9.17, 15) is 18.0 Å². The van der Waals surface area contributed by atoms with Crippen LogP contribution in [0.1, 0.15) is 37.7 Å². The summed E-state index contributed by atoms with van der Waals surface area (Å²) in [5.74, 6) is -1.67. The maximum Gasteiger partial charge on any atom is 0.490 e. The van der Waals surface area contributed by atoms with Crippen molar-refractivity contribution < 1.29 is 37.3 Å². The van der Waals surface area contributed by atoms with Gasteiger partial charge in [0.15, 0.2) is 0 Å². The average molecular weight is 539 g/mol. The predicted molar refractivity (Wildman–Crippen MR) is 132 cm³/mol. The molecule has 1 N–H and O–H groups in total. The molecule has 2 saturated heterocycles. The second-order valence-electron chi connectivity index (χ2n) is 9.70. The molecule has 208 valence electrons. The molecule has 9 nitrogen and oxygen atoms in total. The number of carboxylic acid groups (broad SMARTS) is 1. The molecule has 0 radical (unpaired) electrons. The summed E-state index contributed by atoms with van der Waals surface area (Å²) in [6, 6.07) is 8.30. The van der Waals surface area contributed by atoms with E-state index in [1.54, 1.807) is 7.11 Å². The minimum absolute atomic E-state index is 0.162. The summed E-state index contributed by atoms with van der Waals surface area (Å²) in [4.78, 5) is 25.8. The normalized spacial score (nSPS) is 18.3. The van der Waals surface area contributed by atoms with Gasteiger partial charge in [0, 0.05) is 50.7 Å². The van der Waals surface area contributed by atoms with E-state index in [1.165, 1.54) is 37.2 Å². The van der Waals surface area contributed by atoms with Gasteiger partial charge in [-0.05, 0) is 38.1 Å². The molecule has 3 aliphatic heterocycles. The van der Waals surface area contributed by atoms with Crippen molar-refractivity contribution in [1.29, 1.82) is 0 Å². The van der Waals surface area contributed by atoms with Crippen LogP contribution >= 0.6 is 0 Å². The summed E-state index contributed by atoms with van der Waals surface area (Å²) in [6.45, 7) is 6.18. The number of amides is 1. The number of methoxy groups -OCH3 is 1. The van der Waals surface area contributed by atoms with Gasteiger partial charge in [0.05, 0.1) is 31.5 Å². The monoisotopic (exact) mass is 538 g/mol. The van der Waals surface area contributed by atoms with Gasteiger partial charge in [0.2, 0.25) is 5.91 Å². The van der Waals surface area contributed by atoms with Crippen LogP contribution in [0, 0.1) is 0 Å². The molecule has 0 aliphatic carbocycles. The number of alkyl halides is 3. The molecular weight excluding hydrogens is 505 g/mol. The lowest BCUT2D eigenvalue weighted by atomic mass is 9.81. The number of hydrogen-bond acceptors (Lipinski definition) is 6. The fraction of sp³-hybridized carbons (Fsp3) is 0.577. The zero-order valence-electron chi connectivity index (χ0n) is 21.4. The van der Waals surface area contributed by atoms with Gasteiger partial charge in [-0.1, -0.05) is 12.1 Å². The van der Waals surface area contributed by atoms with Crippen LogP contribution in [-0.4, -0.2) is 89.2 Å². The number of halogens is 3. The summed E-state index contributed by atoms with van der Waals surface area (Å²) in [7, 11) is 1.63. The van der Waals surface area contributed by atoms with Gasteiger partial charge in [-0.25, -0.2) is 4.79 Å². The SMILES string of the molecule is COCCC(=O)N1CCC2(CC1)Oc1ccccc1-c1c2cnn1CCN1CCCC1.O=C(O)C(F)(F)F. The van der Waals surface area contributed by atoms with E-state index in [0.717, 1.165) is 37.2 Å². The number of piperidine rings is 1. The van der Waals surface area contributed by atoms with E-state index in [-0.39, 0.29) is 5.91 Å². The Kier molecular flexibility index (Phi) is 8.61. The van der Waals surface area contributed by atoms with Gasteiger partial charge in [0.1, 0.15) is 11.4 Å². The van der Waals surface area contributed by atoms with Gasteiger partial charge >= 0.3 is 12.1 Å². The highest BCUT2D eigenvalue weighted by Crippen LogP contribution is 2.49. The Morgan fingerprint density at radius 1 is 1.11 bits per heavy atom. The zero-order chi connectivity index (χ0) is 27.3. The first kappa shape index (κ1) is 27.9. The molecule has 0 saturated carbocycles. The molecule has 12 heteroatoms. The van der Waals surface area contributed by atoms with Gasteiger partial charge in [-0.15, -0.1) is 0 Å². The molecule has 4 heterocycles. The minimum Gasteiger partial charge on any atom is -0.482 e. The molecule has 2 aromatic rings. The van der Waals surface area contributed by atoms with Crippen LogP contribution in [0.4, 0.5) is 13.2 Å². The lowest BCUT2D eigenvalue weighted by Crippen LogP contribution is -2.49. The Balaban J connectivity index is 0.000000426. The van der Waals surface area contributed by atoms with Crippen molar-refractivity contribution in [1.82, 2.24) is 19.6 Å². The minimum atomic E-state index is -5.08. The van der Waals surface area contributed by atoms with Crippen molar-refractivity contribution in [3.63, 3.8) is 0 Å². The third-order valence-corrected chi connectivity index (χ3v) is 7.29. The predicted octanol–water partition coefficient (Wildman–Crippen LogP) is 3.53. The lowest BCUT2D eigenvalue weighted by Gasteiger charge is -2.44. The first-order chi connectivity index (χ1) is 18.1. The number of aromatic nitrogens is 2. The molecule has 2 fully saturated rings. The Morgan fingerprint density at radius 3 is 2.39 bits per heavy atom. The standard InChI is InChI=1S/C24H32N4O3.C2HF3O2/c1-30-17-8-22(29)27-13-9-24(10-14-27)20-18-25-28(16-15-26-11-4-5-12-26)23(20)19-6-2-3-7-21(19)31-24;3-2(4,5)1(6)7/h2-3,6-7,18H,4-5,8-17H2,1H3;(H,6,7). The van der Waals surface area contributed by atoms with Crippen molar-refractivity contribution in [2.75, 3.05) is 46.4 Å². The first-order valence-electron chi connectivity index (χ1n) is 12.8. The summed E-state index contributed by atoms with van der Waals surface area (Å²) < 4.78 is 45.6. The Morgan fingerprint density at radius 2 is 1.76 bits per heavy atom. The van der Waals surface area contributed by atoms with Crippen LogP contribution < -0.4 is 4.74 Å². The number of aliphatic carboxylic acids is 1. The van der Waals surface area contributed by atoms with E-state index < -0.39 is 17.7 Å². The Bertz CT molecular complexity index is 1120. The van der Waals surface area contributed by atoms with E-state index in [0.29, 0.717) is 26.1 Å². The lowest BCUT2D eigenvalue weighted by molar-refractivity contribution is -0.192. The number of likely N-dealkylation sites (tertiary alicyclic amines) is 2. The van der Waals surface area contributed by atoms with Gasteiger partial charge in [-0.2, -0.15) is 18.3 Å². The van der Waals surface area contributed by atoms with E-state index in [4.69, 9.17) is 24.5 Å². The van der Waals surface area contributed by atoms with Crippen molar-refractivity contribution >= 4 is 11.9 Å². The number of carbonyl (C=O) groups excluding carboxylic acids is 1. The van der Waals surface area contributed by atoms with E-state index >= 15 is 0 Å². The maximum absolute atomic E-state index is 12.5. The Labute approximate surface area is 219 Å². The van der Waals surface area contributed by atoms with Gasteiger partial charge in [-0.3, -0.25) is 9.48 Å². The molecule has 0 atom stereocenters. The molecule has 5 rings (SSSR count). The molecular formula is C26H33F3N4O5. The molecule has 1 aromatic carbocycles. The number of nitrogens with zero attached hydrogens (tertiary/aromatic N) is 4. The average Bonchev–Trinajstić information content (AvgIpc) is 3.57. The van der Waals surface area contributed by atoms with Crippen molar-refractivity contribution in [3.8, 4) is 17.0 Å². The molecule has 1 amide bonds. The van der Waals surface area contributed by atoms with Gasteiger partial charge < -0.3 is 24.4 Å². The summed E-state index contributed by atoms with van der Waals surface area (Å²) in [5, 5.41) is 11.9. The van der Waals surface area contributed by atoms with E-state index in [2.05, 4.69) is 27.8 Å². The number of carbonyl (C=O) groups is 2. The van der Waals surface area contributed by atoms with Crippen molar-refractivity contribution in [2.24, 2.45) is 0 Å².